The van der Waals surface area contributed by atoms with Crippen molar-refractivity contribution in [2.24, 2.45) is 0 Å². The lowest BCUT2D eigenvalue weighted by Crippen LogP contribution is -2.36. The van der Waals surface area contributed by atoms with E-state index in [1.807, 2.05) is 0 Å². The largest absolute Gasteiger partial charge is 0.352 e. The summed E-state index contributed by atoms with van der Waals surface area (Å²) >= 11 is 1.10. The van der Waals surface area contributed by atoms with Crippen LogP contribution in [-0.2, 0) is 14.6 Å². The van der Waals surface area contributed by atoms with Gasteiger partial charge in [0.05, 0.1) is 17.3 Å². The van der Waals surface area contributed by atoms with Crippen molar-refractivity contribution in [1.82, 2.24) is 5.32 Å². The maximum atomic E-state index is 13.3. The van der Waals surface area contributed by atoms with Gasteiger partial charge in [-0.2, -0.15) is 0 Å². The summed E-state index contributed by atoms with van der Waals surface area (Å²) in [5, 5.41) is 2.66. The van der Waals surface area contributed by atoms with Gasteiger partial charge in [-0.25, -0.2) is 12.8 Å². The molecule has 1 aromatic rings. The number of halogens is 1. The summed E-state index contributed by atoms with van der Waals surface area (Å²) in [6.45, 7) is 0. The molecule has 1 atom stereocenters. The van der Waals surface area contributed by atoms with Crippen molar-refractivity contribution >= 4 is 27.5 Å². The van der Waals surface area contributed by atoms with E-state index >= 15 is 0 Å². The van der Waals surface area contributed by atoms with Gasteiger partial charge in [-0.15, -0.1) is 11.8 Å². The van der Waals surface area contributed by atoms with E-state index < -0.39 is 9.84 Å². The topological polar surface area (TPSA) is 63.2 Å². The fraction of sp³-hybridized carbons (Fsp3) is 0.417. The molecule has 1 amide bonds. The van der Waals surface area contributed by atoms with Gasteiger partial charge in [0.2, 0.25) is 5.91 Å². The number of hydrogen-bond donors (Lipinski definition) is 1. The van der Waals surface area contributed by atoms with Crippen LogP contribution in [0.3, 0.4) is 0 Å². The van der Waals surface area contributed by atoms with Crippen molar-refractivity contribution in [3.8, 4) is 0 Å². The Morgan fingerprint density at radius 3 is 2.79 bits per heavy atom. The van der Waals surface area contributed by atoms with Crippen LogP contribution in [0.1, 0.15) is 6.42 Å². The molecule has 2 rings (SSSR count). The van der Waals surface area contributed by atoms with Crippen LogP contribution < -0.4 is 5.32 Å². The maximum absolute atomic E-state index is 13.3. The molecule has 4 nitrogen and oxygen atoms in total. The first-order valence-corrected chi connectivity index (χ1v) is 8.64. The first kappa shape index (κ1) is 14.3. The van der Waals surface area contributed by atoms with Crippen LogP contribution in [0.15, 0.2) is 29.2 Å². The van der Waals surface area contributed by atoms with Crippen LogP contribution >= 0.6 is 11.8 Å². The molecule has 0 unspecified atom stereocenters. The van der Waals surface area contributed by atoms with E-state index in [0.29, 0.717) is 11.3 Å². The second kappa shape index (κ2) is 5.92. The Balaban J connectivity index is 1.81. The minimum atomic E-state index is -3.00. The summed E-state index contributed by atoms with van der Waals surface area (Å²) in [5.74, 6) is -0.419. The fourth-order valence-corrected chi connectivity index (χ4v) is 4.31. The molecule has 1 heterocycles. The van der Waals surface area contributed by atoms with E-state index in [9.17, 15) is 17.6 Å². The Kier molecular flexibility index (Phi) is 4.46. The molecule has 0 spiro atoms. The molecule has 104 valence electrons. The monoisotopic (exact) mass is 303 g/mol. The third-order valence-electron chi connectivity index (χ3n) is 2.79. The van der Waals surface area contributed by atoms with Crippen molar-refractivity contribution < 1.29 is 17.6 Å². The zero-order valence-electron chi connectivity index (χ0n) is 10.1. The highest BCUT2D eigenvalue weighted by atomic mass is 32.2. The zero-order valence-corrected chi connectivity index (χ0v) is 11.8. The summed E-state index contributed by atoms with van der Waals surface area (Å²) < 4.78 is 35.8. The normalized spacial score (nSPS) is 21.2. The van der Waals surface area contributed by atoms with Gasteiger partial charge in [-0.1, -0.05) is 12.1 Å². The molecule has 0 saturated carbocycles. The average molecular weight is 303 g/mol. The smallest absolute Gasteiger partial charge is 0.230 e. The molecule has 1 aromatic carbocycles. The molecule has 1 aliphatic heterocycles. The molecular weight excluding hydrogens is 289 g/mol. The van der Waals surface area contributed by atoms with Gasteiger partial charge in [0, 0.05) is 10.9 Å². The van der Waals surface area contributed by atoms with Crippen molar-refractivity contribution in [2.75, 3.05) is 17.3 Å². The van der Waals surface area contributed by atoms with E-state index in [1.165, 1.54) is 6.07 Å². The van der Waals surface area contributed by atoms with Crippen molar-refractivity contribution in [2.45, 2.75) is 17.4 Å². The van der Waals surface area contributed by atoms with Gasteiger partial charge in [0.15, 0.2) is 9.84 Å². The number of rotatable bonds is 4. The zero-order chi connectivity index (χ0) is 13.9. The van der Waals surface area contributed by atoms with Gasteiger partial charge >= 0.3 is 0 Å². The van der Waals surface area contributed by atoms with Crippen LogP contribution in [0.4, 0.5) is 4.39 Å². The number of carbonyl (C=O) groups is 1. The van der Waals surface area contributed by atoms with E-state index in [4.69, 9.17) is 0 Å². The number of benzene rings is 1. The molecule has 0 aliphatic carbocycles. The predicted molar refractivity (Wildman–Crippen MR) is 72.3 cm³/mol. The summed E-state index contributed by atoms with van der Waals surface area (Å²) in [4.78, 5) is 12.1. The van der Waals surface area contributed by atoms with Crippen LogP contribution in [0.5, 0.6) is 0 Å². The molecule has 0 aromatic heterocycles. The van der Waals surface area contributed by atoms with E-state index in [1.54, 1.807) is 18.2 Å². The van der Waals surface area contributed by atoms with Crippen LogP contribution in [0, 0.1) is 5.82 Å². The predicted octanol–water partition coefficient (Wildman–Crippen LogP) is 1.22. The van der Waals surface area contributed by atoms with Gasteiger partial charge in [-0.05, 0) is 18.6 Å². The number of amides is 1. The van der Waals surface area contributed by atoms with Crippen LogP contribution in [0.2, 0.25) is 0 Å². The molecule has 1 aliphatic rings. The van der Waals surface area contributed by atoms with Crippen molar-refractivity contribution in [3.05, 3.63) is 30.1 Å². The molecule has 1 N–H and O–H groups in total. The molecule has 0 bridgehead atoms. The standard InChI is InChI=1S/C12H14FNO3S2/c13-10-3-1-2-4-11(10)18-7-12(15)14-9-5-6-19(16,17)8-9/h1-4,9H,5-8H2,(H,14,15)/t9-/m1/s1. The summed E-state index contributed by atoms with van der Waals surface area (Å²) in [6.07, 6.45) is 0.457. The second-order valence-electron chi connectivity index (χ2n) is 4.39. The summed E-state index contributed by atoms with van der Waals surface area (Å²) in [6, 6.07) is 5.92. The lowest BCUT2D eigenvalue weighted by molar-refractivity contribution is -0.119. The molecular formula is C12H14FNO3S2. The molecule has 1 saturated heterocycles. The Bertz CT molecular complexity index is 574. The van der Waals surface area contributed by atoms with E-state index in [-0.39, 0.29) is 35.0 Å². The highest BCUT2D eigenvalue weighted by molar-refractivity contribution is 8.00. The highest BCUT2D eigenvalue weighted by Gasteiger charge is 2.28. The number of sulfone groups is 1. The van der Waals surface area contributed by atoms with Gasteiger partial charge in [0.25, 0.3) is 0 Å². The Morgan fingerprint density at radius 1 is 1.42 bits per heavy atom. The number of thioether (sulfide) groups is 1. The first-order valence-electron chi connectivity index (χ1n) is 5.83. The number of hydrogen-bond acceptors (Lipinski definition) is 4. The third kappa shape index (κ3) is 4.21. The third-order valence-corrected chi connectivity index (χ3v) is 5.61. The number of carbonyl (C=O) groups excluding carboxylic acids is 1. The van der Waals surface area contributed by atoms with Gasteiger partial charge in [-0.3, -0.25) is 4.79 Å². The van der Waals surface area contributed by atoms with Gasteiger partial charge in [0.1, 0.15) is 5.82 Å². The SMILES string of the molecule is O=C(CSc1ccccc1F)N[C@@H]1CCS(=O)(=O)C1. The molecule has 0 radical (unpaired) electrons. The second-order valence-corrected chi connectivity index (χ2v) is 7.63. The Labute approximate surface area is 115 Å². The van der Waals surface area contributed by atoms with E-state index in [2.05, 4.69) is 5.32 Å². The Hall–Kier alpha value is -1.08. The molecule has 7 heteroatoms. The highest BCUT2D eigenvalue weighted by Crippen LogP contribution is 2.21. The van der Waals surface area contributed by atoms with E-state index in [0.717, 1.165) is 11.8 Å². The first-order chi connectivity index (χ1) is 8.96. The van der Waals surface area contributed by atoms with Gasteiger partial charge < -0.3 is 5.32 Å². The fourth-order valence-electron chi connectivity index (χ4n) is 1.88. The lowest BCUT2D eigenvalue weighted by atomic mass is 10.3. The lowest BCUT2D eigenvalue weighted by Gasteiger charge is -2.10. The minimum Gasteiger partial charge on any atom is -0.352 e. The minimum absolute atomic E-state index is 0.00308. The van der Waals surface area contributed by atoms with Crippen molar-refractivity contribution in [1.29, 1.82) is 0 Å². The molecule has 19 heavy (non-hydrogen) atoms. The Morgan fingerprint density at radius 2 is 2.16 bits per heavy atom. The van der Waals surface area contributed by atoms with Crippen LogP contribution in [0.25, 0.3) is 0 Å². The summed E-state index contributed by atoms with van der Waals surface area (Å²) in [5.41, 5.74) is 0. The molecule has 1 fully saturated rings. The summed E-state index contributed by atoms with van der Waals surface area (Å²) in [7, 11) is -3.00. The quantitative estimate of drug-likeness (QED) is 0.850. The number of nitrogens with one attached hydrogen (secondary N) is 1. The average Bonchev–Trinajstić information content (AvgIpc) is 2.67. The van der Waals surface area contributed by atoms with Crippen LogP contribution in [-0.4, -0.2) is 37.6 Å². The van der Waals surface area contributed by atoms with Crippen molar-refractivity contribution in [3.63, 3.8) is 0 Å². The maximum Gasteiger partial charge on any atom is 0.230 e.